The number of carbonyl (C=O) groups excluding carboxylic acids is 1. The summed E-state index contributed by atoms with van der Waals surface area (Å²) in [5, 5.41) is 3.58. The molecule has 2 rings (SSSR count). The Kier molecular flexibility index (Phi) is 4.00. The normalized spacial score (nSPS) is 11.9. The SMILES string of the molecule is CC(=O)NC(c1ccccc1)c1ccccc1Cl. The topological polar surface area (TPSA) is 29.1 Å². The van der Waals surface area contributed by atoms with Gasteiger partial charge in [0, 0.05) is 11.9 Å². The predicted octanol–water partition coefficient (Wildman–Crippen LogP) is 3.57. The fourth-order valence-corrected chi connectivity index (χ4v) is 2.14. The molecule has 0 saturated carbocycles. The summed E-state index contributed by atoms with van der Waals surface area (Å²) < 4.78 is 0. The molecule has 92 valence electrons. The molecule has 0 heterocycles. The third-order valence-electron chi connectivity index (χ3n) is 2.70. The Balaban J connectivity index is 2.44. The van der Waals surface area contributed by atoms with Crippen LogP contribution in [0.25, 0.3) is 0 Å². The minimum atomic E-state index is -0.211. The van der Waals surface area contributed by atoms with Crippen LogP contribution in [0.15, 0.2) is 54.6 Å². The van der Waals surface area contributed by atoms with Crippen LogP contribution in [0.3, 0.4) is 0 Å². The summed E-state index contributed by atoms with van der Waals surface area (Å²) in [4.78, 5) is 11.4. The Bertz CT molecular complexity index is 539. The van der Waals surface area contributed by atoms with E-state index in [1.807, 2.05) is 54.6 Å². The highest BCUT2D eigenvalue weighted by molar-refractivity contribution is 6.31. The lowest BCUT2D eigenvalue weighted by Gasteiger charge is -2.20. The van der Waals surface area contributed by atoms with Crippen LogP contribution in [0.4, 0.5) is 0 Å². The van der Waals surface area contributed by atoms with Gasteiger partial charge >= 0.3 is 0 Å². The van der Waals surface area contributed by atoms with Gasteiger partial charge in [0.25, 0.3) is 0 Å². The Morgan fingerprint density at radius 2 is 1.67 bits per heavy atom. The molecule has 3 heteroatoms. The molecule has 0 bridgehead atoms. The van der Waals surface area contributed by atoms with E-state index in [1.54, 1.807) is 0 Å². The van der Waals surface area contributed by atoms with Gasteiger partial charge in [-0.25, -0.2) is 0 Å². The van der Waals surface area contributed by atoms with E-state index in [-0.39, 0.29) is 11.9 Å². The molecule has 0 saturated heterocycles. The first-order chi connectivity index (χ1) is 8.68. The standard InChI is InChI=1S/C15H14ClNO/c1-11(18)17-15(12-7-3-2-4-8-12)13-9-5-6-10-14(13)16/h2-10,15H,1H3,(H,17,18). The van der Waals surface area contributed by atoms with Gasteiger partial charge in [-0.05, 0) is 17.2 Å². The van der Waals surface area contributed by atoms with Crippen LogP contribution in [0.1, 0.15) is 24.1 Å². The summed E-state index contributed by atoms with van der Waals surface area (Å²) >= 11 is 6.20. The molecule has 1 atom stereocenters. The maximum absolute atomic E-state index is 11.4. The average molecular weight is 260 g/mol. The highest BCUT2D eigenvalue weighted by Gasteiger charge is 2.17. The quantitative estimate of drug-likeness (QED) is 0.897. The monoisotopic (exact) mass is 259 g/mol. The van der Waals surface area contributed by atoms with E-state index in [1.165, 1.54) is 6.92 Å². The van der Waals surface area contributed by atoms with E-state index in [4.69, 9.17) is 11.6 Å². The molecule has 18 heavy (non-hydrogen) atoms. The van der Waals surface area contributed by atoms with Gasteiger partial charge in [0.05, 0.1) is 6.04 Å². The van der Waals surface area contributed by atoms with Crippen molar-refractivity contribution in [3.8, 4) is 0 Å². The van der Waals surface area contributed by atoms with Crippen molar-refractivity contribution in [3.63, 3.8) is 0 Å². The van der Waals surface area contributed by atoms with E-state index in [9.17, 15) is 4.79 Å². The lowest BCUT2D eigenvalue weighted by molar-refractivity contribution is -0.119. The lowest BCUT2D eigenvalue weighted by atomic mass is 9.98. The van der Waals surface area contributed by atoms with Crippen molar-refractivity contribution in [2.75, 3.05) is 0 Å². The molecular formula is C15H14ClNO. The van der Waals surface area contributed by atoms with E-state index in [0.29, 0.717) is 5.02 Å². The van der Waals surface area contributed by atoms with Gasteiger partial charge in [0.1, 0.15) is 0 Å². The van der Waals surface area contributed by atoms with Crippen molar-refractivity contribution < 1.29 is 4.79 Å². The van der Waals surface area contributed by atoms with E-state index >= 15 is 0 Å². The highest BCUT2D eigenvalue weighted by Crippen LogP contribution is 2.27. The zero-order chi connectivity index (χ0) is 13.0. The highest BCUT2D eigenvalue weighted by atomic mass is 35.5. The summed E-state index contributed by atoms with van der Waals surface area (Å²) in [5.41, 5.74) is 1.92. The minimum absolute atomic E-state index is 0.0798. The summed E-state index contributed by atoms with van der Waals surface area (Å²) in [7, 11) is 0. The first kappa shape index (κ1) is 12.7. The number of benzene rings is 2. The molecule has 0 aliphatic heterocycles. The molecule has 0 aromatic heterocycles. The minimum Gasteiger partial charge on any atom is -0.345 e. The molecule has 2 aromatic rings. The number of halogens is 1. The summed E-state index contributed by atoms with van der Waals surface area (Å²) in [6.45, 7) is 1.51. The summed E-state index contributed by atoms with van der Waals surface area (Å²) in [5.74, 6) is -0.0798. The molecule has 1 N–H and O–H groups in total. The molecule has 0 fully saturated rings. The predicted molar refractivity (Wildman–Crippen MR) is 73.6 cm³/mol. The second-order valence-electron chi connectivity index (χ2n) is 4.07. The van der Waals surface area contributed by atoms with Crippen molar-refractivity contribution >= 4 is 17.5 Å². The Morgan fingerprint density at radius 1 is 1.06 bits per heavy atom. The van der Waals surface area contributed by atoms with Crippen molar-refractivity contribution in [2.24, 2.45) is 0 Å². The first-order valence-electron chi connectivity index (χ1n) is 5.75. The lowest BCUT2D eigenvalue weighted by Crippen LogP contribution is -2.27. The smallest absolute Gasteiger partial charge is 0.217 e. The maximum atomic E-state index is 11.4. The number of hydrogen-bond acceptors (Lipinski definition) is 1. The van der Waals surface area contributed by atoms with Crippen LogP contribution < -0.4 is 5.32 Å². The second kappa shape index (κ2) is 5.69. The Labute approximate surface area is 112 Å². The van der Waals surface area contributed by atoms with Gasteiger partial charge in [0.2, 0.25) is 5.91 Å². The first-order valence-corrected chi connectivity index (χ1v) is 6.13. The molecule has 0 spiro atoms. The molecular weight excluding hydrogens is 246 g/mol. The molecule has 0 aliphatic carbocycles. The van der Waals surface area contributed by atoms with Crippen molar-refractivity contribution in [1.82, 2.24) is 5.32 Å². The number of carbonyl (C=O) groups is 1. The number of amides is 1. The van der Waals surface area contributed by atoms with Crippen molar-refractivity contribution in [2.45, 2.75) is 13.0 Å². The number of rotatable bonds is 3. The number of hydrogen-bond donors (Lipinski definition) is 1. The molecule has 2 aromatic carbocycles. The average Bonchev–Trinajstić information content (AvgIpc) is 2.38. The molecule has 2 nitrogen and oxygen atoms in total. The summed E-state index contributed by atoms with van der Waals surface area (Å²) in [6, 6.07) is 17.1. The Hall–Kier alpha value is -1.80. The maximum Gasteiger partial charge on any atom is 0.217 e. The van der Waals surface area contributed by atoms with Gasteiger partial charge in [-0.3, -0.25) is 4.79 Å². The van der Waals surface area contributed by atoms with Crippen molar-refractivity contribution in [1.29, 1.82) is 0 Å². The zero-order valence-electron chi connectivity index (χ0n) is 10.1. The van der Waals surface area contributed by atoms with Crippen LogP contribution >= 0.6 is 11.6 Å². The van der Waals surface area contributed by atoms with E-state index in [0.717, 1.165) is 11.1 Å². The fourth-order valence-electron chi connectivity index (χ4n) is 1.90. The van der Waals surface area contributed by atoms with E-state index < -0.39 is 0 Å². The largest absolute Gasteiger partial charge is 0.345 e. The van der Waals surface area contributed by atoms with Crippen LogP contribution in [-0.2, 0) is 4.79 Å². The second-order valence-corrected chi connectivity index (χ2v) is 4.47. The van der Waals surface area contributed by atoms with Crippen LogP contribution in [0.5, 0.6) is 0 Å². The van der Waals surface area contributed by atoms with Gasteiger partial charge in [-0.15, -0.1) is 0 Å². The van der Waals surface area contributed by atoms with E-state index in [2.05, 4.69) is 5.32 Å². The van der Waals surface area contributed by atoms with Crippen LogP contribution in [0.2, 0.25) is 5.02 Å². The molecule has 1 amide bonds. The third kappa shape index (κ3) is 2.90. The van der Waals surface area contributed by atoms with Crippen LogP contribution in [-0.4, -0.2) is 5.91 Å². The molecule has 0 radical (unpaired) electrons. The zero-order valence-corrected chi connectivity index (χ0v) is 10.8. The van der Waals surface area contributed by atoms with Crippen LogP contribution in [0, 0.1) is 0 Å². The van der Waals surface area contributed by atoms with Gasteiger partial charge in [0.15, 0.2) is 0 Å². The number of nitrogens with one attached hydrogen (secondary N) is 1. The molecule has 1 unspecified atom stereocenters. The fraction of sp³-hybridized carbons (Fsp3) is 0.133. The van der Waals surface area contributed by atoms with Gasteiger partial charge in [-0.2, -0.15) is 0 Å². The van der Waals surface area contributed by atoms with Crippen molar-refractivity contribution in [3.05, 3.63) is 70.7 Å². The third-order valence-corrected chi connectivity index (χ3v) is 3.04. The Morgan fingerprint density at radius 3 is 2.28 bits per heavy atom. The summed E-state index contributed by atoms with van der Waals surface area (Å²) in [6.07, 6.45) is 0. The van der Waals surface area contributed by atoms with Gasteiger partial charge < -0.3 is 5.32 Å². The molecule has 0 aliphatic rings. The van der Waals surface area contributed by atoms with Gasteiger partial charge in [-0.1, -0.05) is 60.1 Å².